The molecule has 1 nitrogen and oxygen atoms in total. The van der Waals surface area contributed by atoms with E-state index in [1.165, 1.54) is 121 Å². The minimum absolute atomic E-state index is 0.0462. The molecule has 1 saturated carbocycles. The summed E-state index contributed by atoms with van der Waals surface area (Å²) < 4.78 is 0. The van der Waals surface area contributed by atoms with E-state index in [4.69, 9.17) is 0 Å². The first-order valence-corrected chi connectivity index (χ1v) is 20.6. The second-order valence-electron chi connectivity index (χ2n) is 15.9. The standard InChI is InChI=1S/C56H43N/c1-3-20-39(21-4-1)41-23-7-8-25-43(41)45-27-9-10-28-46(45)47-29-14-16-34-52(47)57(54-38-40-22-5-6-24-42(40)44-26-11-12-30-48(44)54)53-35-19-33-51-55(53)49-31-13-15-32-50(49)56(51)36-17-2-18-37-56/h1,3-16,19-35,38H,2,17-18,36-37H2. The van der Waals surface area contributed by atoms with Gasteiger partial charge in [0.2, 0.25) is 0 Å². The Morgan fingerprint density at radius 2 is 0.860 bits per heavy atom. The maximum Gasteiger partial charge on any atom is 0.0546 e. The predicted molar refractivity (Wildman–Crippen MR) is 242 cm³/mol. The van der Waals surface area contributed by atoms with Gasteiger partial charge in [-0.05, 0) is 91.7 Å². The molecule has 1 fully saturated rings. The van der Waals surface area contributed by atoms with Crippen molar-refractivity contribution in [2.75, 3.05) is 4.90 Å². The van der Waals surface area contributed by atoms with Crippen molar-refractivity contribution >= 4 is 38.6 Å². The van der Waals surface area contributed by atoms with E-state index < -0.39 is 0 Å². The van der Waals surface area contributed by atoms with Gasteiger partial charge in [0.1, 0.15) is 0 Å². The summed E-state index contributed by atoms with van der Waals surface area (Å²) in [7, 11) is 0. The molecule has 0 aromatic heterocycles. The first-order valence-electron chi connectivity index (χ1n) is 20.6. The van der Waals surface area contributed by atoms with Crippen LogP contribution >= 0.6 is 0 Å². The quantitative estimate of drug-likeness (QED) is 0.154. The Morgan fingerprint density at radius 1 is 0.333 bits per heavy atom. The van der Waals surface area contributed by atoms with E-state index in [1.807, 2.05) is 0 Å². The normalized spacial score (nSPS) is 14.1. The highest BCUT2D eigenvalue weighted by Crippen LogP contribution is 2.60. The summed E-state index contributed by atoms with van der Waals surface area (Å²) in [5.74, 6) is 0. The van der Waals surface area contributed by atoms with Crippen molar-refractivity contribution in [2.24, 2.45) is 0 Å². The Bertz CT molecular complexity index is 2950. The van der Waals surface area contributed by atoms with Crippen molar-refractivity contribution in [1.82, 2.24) is 0 Å². The average molecular weight is 730 g/mol. The maximum absolute atomic E-state index is 2.61. The Morgan fingerprint density at radius 3 is 1.63 bits per heavy atom. The Hall–Kier alpha value is -6.70. The van der Waals surface area contributed by atoms with E-state index in [-0.39, 0.29) is 5.41 Å². The Labute approximate surface area is 335 Å². The molecule has 0 atom stereocenters. The molecule has 1 spiro atoms. The van der Waals surface area contributed by atoms with Gasteiger partial charge in [-0.1, -0.05) is 201 Å². The molecule has 9 aromatic carbocycles. The molecule has 1 heteroatoms. The number of anilines is 3. The zero-order valence-electron chi connectivity index (χ0n) is 32.0. The maximum atomic E-state index is 2.61. The lowest BCUT2D eigenvalue weighted by Gasteiger charge is -2.36. The van der Waals surface area contributed by atoms with E-state index in [0.717, 1.165) is 5.69 Å². The molecular formula is C56H43N. The van der Waals surface area contributed by atoms with Crippen LogP contribution in [0, 0.1) is 0 Å². The number of hydrogen-bond donors (Lipinski definition) is 0. The fraction of sp³-hybridized carbons (Fsp3) is 0.107. The summed E-state index contributed by atoms with van der Waals surface area (Å²) in [6, 6.07) is 74.5. The zero-order chi connectivity index (χ0) is 37.8. The van der Waals surface area contributed by atoms with Crippen molar-refractivity contribution in [1.29, 1.82) is 0 Å². The van der Waals surface area contributed by atoms with Gasteiger partial charge in [0, 0.05) is 21.9 Å². The van der Waals surface area contributed by atoms with E-state index in [1.54, 1.807) is 0 Å². The van der Waals surface area contributed by atoms with Gasteiger partial charge in [-0.15, -0.1) is 0 Å². The molecule has 2 aliphatic carbocycles. The first kappa shape index (κ1) is 33.6. The van der Waals surface area contributed by atoms with E-state index >= 15 is 0 Å². The zero-order valence-corrected chi connectivity index (χ0v) is 32.0. The molecule has 0 heterocycles. The molecule has 0 N–H and O–H groups in total. The molecule has 0 aliphatic heterocycles. The lowest BCUT2D eigenvalue weighted by molar-refractivity contribution is 0.353. The topological polar surface area (TPSA) is 3.24 Å². The van der Waals surface area contributed by atoms with Crippen LogP contribution in [0.25, 0.3) is 66.1 Å². The van der Waals surface area contributed by atoms with Crippen molar-refractivity contribution in [2.45, 2.75) is 37.5 Å². The number of para-hydroxylation sites is 1. The SMILES string of the molecule is c1ccc(-c2ccccc2-c2ccccc2-c2ccccc2N(c2cccc3c2-c2ccccc2C32CCCCC2)c2cc3ccccc3c3ccccc23)cc1. The first-order chi connectivity index (χ1) is 28.3. The lowest BCUT2D eigenvalue weighted by Crippen LogP contribution is -2.28. The van der Waals surface area contributed by atoms with Crippen molar-refractivity contribution in [3.8, 4) is 44.5 Å². The van der Waals surface area contributed by atoms with E-state index in [9.17, 15) is 0 Å². The molecule has 0 unspecified atom stereocenters. The molecule has 2 aliphatic rings. The van der Waals surface area contributed by atoms with Gasteiger partial charge in [-0.25, -0.2) is 0 Å². The summed E-state index contributed by atoms with van der Waals surface area (Å²) in [5.41, 5.74) is 16.7. The Kier molecular flexibility index (Phi) is 8.14. The summed E-state index contributed by atoms with van der Waals surface area (Å²) in [4.78, 5) is 2.61. The molecular weight excluding hydrogens is 687 g/mol. The van der Waals surface area contributed by atoms with Crippen molar-refractivity contribution in [3.05, 3.63) is 211 Å². The summed E-state index contributed by atoms with van der Waals surface area (Å²) in [5, 5.41) is 5.02. The second-order valence-corrected chi connectivity index (χ2v) is 15.9. The van der Waals surface area contributed by atoms with Gasteiger partial charge < -0.3 is 4.90 Å². The summed E-state index contributed by atoms with van der Waals surface area (Å²) in [6.45, 7) is 0. The summed E-state index contributed by atoms with van der Waals surface area (Å²) in [6.07, 6.45) is 6.24. The second kappa shape index (κ2) is 13.8. The molecule has 0 amide bonds. The van der Waals surface area contributed by atoms with Crippen LogP contribution in [-0.4, -0.2) is 0 Å². The minimum atomic E-state index is 0.0462. The molecule has 0 radical (unpaired) electrons. The molecule has 0 saturated heterocycles. The van der Waals surface area contributed by atoms with Gasteiger partial charge in [-0.2, -0.15) is 0 Å². The molecule has 11 rings (SSSR count). The highest BCUT2D eigenvalue weighted by atomic mass is 15.1. The number of benzene rings is 9. The lowest BCUT2D eigenvalue weighted by atomic mass is 9.68. The fourth-order valence-electron chi connectivity index (χ4n) is 10.4. The summed E-state index contributed by atoms with van der Waals surface area (Å²) >= 11 is 0. The van der Waals surface area contributed by atoms with Gasteiger partial charge >= 0.3 is 0 Å². The highest BCUT2D eigenvalue weighted by Gasteiger charge is 2.45. The van der Waals surface area contributed by atoms with Crippen LogP contribution in [0.3, 0.4) is 0 Å². The highest BCUT2D eigenvalue weighted by molar-refractivity contribution is 6.16. The van der Waals surface area contributed by atoms with Gasteiger partial charge in [0.15, 0.2) is 0 Å². The number of rotatable bonds is 6. The smallest absolute Gasteiger partial charge is 0.0546 e. The third kappa shape index (κ3) is 5.37. The molecule has 0 bridgehead atoms. The van der Waals surface area contributed by atoms with Crippen LogP contribution in [0.4, 0.5) is 17.1 Å². The number of hydrogen-bond acceptors (Lipinski definition) is 1. The van der Waals surface area contributed by atoms with Gasteiger partial charge in [-0.3, -0.25) is 0 Å². The Balaban J connectivity index is 1.22. The van der Waals surface area contributed by atoms with Crippen LogP contribution in [0.1, 0.15) is 43.2 Å². The van der Waals surface area contributed by atoms with Crippen LogP contribution in [-0.2, 0) is 5.41 Å². The van der Waals surface area contributed by atoms with Crippen LogP contribution in [0.5, 0.6) is 0 Å². The van der Waals surface area contributed by atoms with Gasteiger partial charge in [0.05, 0.1) is 17.1 Å². The third-order valence-electron chi connectivity index (χ3n) is 12.9. The number of nitrogens with zero attached hydrogens (tertiary/aromatic N) is 1. The average Bonchev–Trinajstić information content (AvgIpc) is 3.56. The third-order valence-corrected chi connectivity index (χ3v) is 12.9. The minimum Gasteiger partial charge on any atom is -0.309 e. The molecule has 9 aromatic rings. The molecule has 272 valence electrons. The van der Waals surface area contributed by atoms with Crippen LogP contribution in [0.15, 0.2) is 200 Å². The van der Waals surface area contributed by atoms with Crippen molar-refractivity contribution < 1.29 is 0 Å². The fourth-order valence-corrected chi connectivity index (χ4v) is 10.4. The van der Waals surface area contributed by atoms with E-state index in [0.29, 0.717) is 0 Å². The number of fused-ring (bicyclic) bond motifs is 8. The van der Waals surface area contributed by atoms with E-state index in [2.05, 4.69) is 205 Å². The molecule has 57 heavy (non-hydrogen) atoms. The van der Waals surface area contributed by atoms with Gasteiger partial charge in [0.25, 0.3) is 0 Å². The largest absolute Gasteiger partial charge is 0.309 e. The monoisotopic (exact) mass is 729 g/mol. The van der Waals surface area contributed by atoms with Crippen LogP contribution in [0.2, 0.25) is 0 Å². The van der Waals surface area contributed by atoms with Crippen LogP contribution < -0.4 is 4.90 Å². The van der Waals surface area contributed by atoms with Crippen molar-refractivity contribution in [3.63, 3.8) is 0 Å². The predicted octanol–water partition coefficient (Wildman–Crippen LogP) is 15.7.